The predicted molar refractivity (Wildman–Crippen MR) is 85.6 cm³/mol. The van der Waals surface area contributed by atoms with Crippen LogP contribution in [-0.4, -0.2) is 11.5 Å². The molecule has 0 N–H and O–H groups in total. The summed E-state index contributed by atoms with van der Waals surface area (Å²) in [6.45, 7) is 2.73. The summed E-state index contributed by atoms with van der Waals surface area (Å²) in [5, 5.41) is 10.7. The molecule has 0 radical (unpaired) electrons. The average Bonchev–Trinajstić information content (AvgIpc) is 2.56. The first-order valence-electron chi connectivity index (χ1n) is 7.27. The van der Waals surface area contributed by atoms with Gasteiger partial charge in [0.15, 0.2) is 0 Å². The van der Waals surface area contributed by atoms with Crippen molar-refractivity contribution in [3.8, 4) is 0 Å². The second kappa shape index (κ2) is 6.12. The summed E-state index contributed by atoms with van der Waals surface area (Å²) in [4.78, 5) is 10.3. The minimum atomic E-state index is -0.390. The molecular weight excluding hydrogens is 278 g/mol. The van der Waals surface area contributed by atoms with Crippen LogP contribution in [0.2, 0.25) is 0 Å². The van der Waals surface area contributed by atoms with Gasteiger partial charge in [-0.15, -0.1) is 0 Å². The second-order valence-corrected chi connectivity index (χ2v) is 5.45. The lowest BCUT2D eigenvalue weighted by atomic mass is 9.96. The number of nitro groups is 1. The number of aryl methyl sites for hydroxylation is 1. The Balaban J connectivity index is 1.86. The fourth-order valence-corrected chi connectivity index (χ4v) is 2.60. The van der Waals surface area contributed by atoms with Crippen molar-refractivity contribution < 1.29 is 9.66 Å². The normalized spacial score (nSPS) is 17.9. The number of benzene rings is 2. The van der Waals surface area contributed by atoms with Crippen LogP contribution in [0.4, 0.5) is 5.69 Å². The summed E-state index contributed by atoms with van der Waals surface area (Å²) in [5.74, 6) is 0. The molecule has 2 aromatic rings. The van der Waals surface area contributed by atoms with Gasteiger partial charge in [0, 0.05) is 12.1 Å². The van der Waals surface area contributed by atoms with E-state index in [1.807, 2.05) is 0 Å². The molecule has 22 heavy (non-hydrogen) atoms. The summed E-state index contributed by atoms with van der Waals surface area (Å²) in [6.07, 6.45) is 2.84. The van der Waals surface area contributed by atoms with Gasteiger partial charge in [0.1, 0.15) is 6.10 Å². The second-order valence-electron chi connectivity index (χ2n) is 5.45. The smallest absolute Gasteiger partial charge is 0.269 e. The first-order chi connectivity index (χ1) is 10.6. The molecule has 0 fully saturated rings. The van der Waals surface area contributed by atoms with E-state index in [-0.39, 0.29) is 16.7 Å². The zero-order valence-corrected chi connectivity index (χ0v) is 12.4. The molecule has 4 heteroatoms. The van der Waals surface area contributed by atoms with Crippen LogP contribution in [0.25, 0.3) is 5.57 Å². The van der Waals surface area contributed by atoms with Crippen LogP contribution < -0.4 is 0 Å². The summed E-state index contributed by atoms with van der Waals surface area (Å²) in [6, 6.07) is 15.0. The molecule has 0 bridgehead atoms. The molecular formula is C18H17NO3. The zero-order chi connectivity index (χ0) is 15.5. The SMILES string of the molecule is Cc1ccc(C2=CC(c3ccc([N+](=O)[O-])cc3)OCC2)cc1. The largest absolute Gasteiger partial charge is 0.369 e. The fraction of sp³-hybridized carbons (Fsp3) is 0.222. The lowest BCUT2D eigenvalue weighted by molar-refractivity contribution is -0.384. The van der Waals surface area contributed by atoms with Crippen molar-refractivity contribution in [3.05, 3.63) is 81.4 Å². The van der Waals surface area contributed by atoms with Crippen molar-refractivity contribution in [1.29, 1.82) is 0 Å². The van der Waals surface area contributed by atoms with E-state index in [4.69, 9.17) is 4.74 Å². The lowest BCUT2D eigenvalue weighted by Gasteiger charge is -2.22. The summed E-state index contributed by atoms with van der Waals surface area (Å²) < 4.78 is 5.79. The first kappa shape index (κ1) is 14.5. The van der Waals surface area contributed by atoms with E-state index in [1.165, 1.54) is 28.8 Å². The maximum absolute atomic E-state index is 10.7. The molecule has 0 amide bonds. The van der Waals surface area contributed by atoms with Gasteiger partial charge >= 0.3 is 0 Å². The molecule has 3 rings (SSSR count). The molecule has 0 aromatic heterocycles. The van der Waals surface area contributed by atoms with E-state index in [0.717, 1.165) is 12.0 Å². The molecule has 0 aliphatic carbocycles. The van der Waals surface area contributed by atoms with Gasteiger partial charge in [0.25, 0.3) is 5.69 Å². The molecule has 1 unspecified atom stereocenters. The topological polar surface area (TPSA) is 52.4 Å². The van der Waals surface area contributed by atoms with E-state index in [2.05, 4.69) is 37.3 Å². The fourth-order valence-electron chi connectivity index (χ4n) is 2.60. The van der Waals surface area contributed by atoms with Gasteiger partial charge in [-0.2, -0.15) is 0 Å². The van der Waals surface area contributed by atoms with Gasteiger partial charge in [-0.3, -0.25) is 10.1 Å². The van der Waals surface area contributed by atoms with Crippen molar-refractivity contribution in [1.82, 2.24) is 0 Å². The molecule has 2 aromatic carbocycles. The molecule has 1 atom stereocenters. The van der Waals surface area contributed by atoms with Gasteiger partial charge in [-0.05, 0) is 48.3 Å². The Morgan fingerprint density at radius 1 is 1.09 bits per heavy atom. The highest BCUT2D eigenvalue weighted by Gasteiger charge is 2.17. The standard InChI is InChI=1S/C18H17NO3/c1-13-2-4-14(5-3-13)16-10-11-22-18(12-16)15-6-8-17(9-7-15)19(20)21/h2-9,12,18H,10-11H2,1H3. The van der Waals surface area contributed by atoms with Crippen molar-refractivity contribution in [2.75, 3.05) is 6.61 Å². The predicted octanol–water partition coefficient (Wildman–Crippen LogP) is 4.45. The van der Waals surface area contributed by atoms with Gasteiger partial charge in [0.05, 0.1) is 11.5 Å². The third-order valence-electron chi connectivity index (χ3n) is 3.88. The van der Waals surface area contributed by atoms with Crippen LogP contribution in [0.15, 0.2) is 54.6 Å². The van der Waals surface area contributed by atoms with E-state index in [9.17, 15) is 10.1 Å². The van der Waals surface area contributed by atoms with Crippen LogP contribution in [-0.2, 0) is 4.74 Å². The number of hydrogen-bond acceptors (Lipinski definition) is 3. The first-order valence-corrected chi connectivity index (χ1v) is 7.27. The molecule has 112 valence electrons. The van der Waals surface area contributed by atoms with Gasteiger partial charge in [-0.25, -0.2) is 0 Å². The molecule has 4 nitrogen and oxygen atoms in total. The average molecular weight is 295 g/mol. The Hall–Kier alpha value is -2.46. The van der Waals surface area contributed by atoms with E-state index in [1.54, 1.807) is 12.1 Å². The van der Waals surface area contributed by atoms with Gasteiger partial charge in [0.2, 0.25) is 0 Å². The summed E-state index contributed by atoms with van der Waals surface area (Å²) in [7, 11) is 0. The third-order valence-corrected chi connectivity index (χ3v) is 3.88. The maximum Gasteiger partial charge on any atom is 0.269 e. The molecule has 0 saturated heterocycles. The van der Waals surface area contributed by atoms with Gasteiger partial charge < -0.3 is 4.74 Å². The highest BCUT2D eigenvalue weighted by atomic mass is 16.6. The summed E-state index contributed by atoms with van der Waals surface area (Å²) >= 11 is 0. The van der Waals surface area contributed by atoms with Crippen molar-refractivity contribution in [3.63, 3.8) is 0 Å². The van der Waals surface area contributed by atoms with Gasteiger partial charge in [-0.1, -0.05) is 29.8 Å². The Morgan fingerprint density at radius 2 is 1.77 bits per heavy atom. The summed E-state index contributed by atoms with van der Waals surface area (Å²) in [5.41, 5.74) is 4.75. The minimum absolute atomic E-state index is 0.0993. The molecule has 0 saturated carbocycles. The monoisotopic (exact) mass is 295 g/mol. The number of hydrogen-bond donors (Lipinski definition) is 0. The Labute approximate surface area is 129 Å². The molecule has 1 heterocycles. The Morgan fingerprint density at radius 3 is 2.41 bits per heavy atom. The number of rotatable bonds is 3. The van der Waals surface area contributed by atoms with Crippen molar-refractivity contribution in [2.24, 2.45) is 0 Å². The van der Waals surface area contributed by atoms with Crippen molar-refractivity contribution in [2.45, 2.75) is 19.4 Å². The number of nitrogens with zero attached hydrogens (tertiary/aromatic N) is 1. The molecule has 0 spiro atoms. The quantitative estimate of drug-likeness (QED) is 0.621. The van der Waals surface area contributed by atoms with E-state index in [0.29, 0.717) is 6.61 Å². The van der Waals surface area contributed by atoms with E-state index < -0.39 is 0 Å². The molecule has 1 aliphatic rings. The van der Waals surface area contributed by atoms with Crippen LogP contribution in [0, 0.1) is 17.0 Å². The molecule has 1 aliphatic heterocycles. The highest BCUT2D eigenvalue weighted by molar-refractivity contribution is 5.67. The van der Waals surface area contributed by atoms with Crippen LogP contribution in [0.5, 0.6) is 0 Å². The van der Waals surface area contributed by atoms with Crippen molar-refractivity contribution >= 4 is 11.3 Å². The third kappa shape index (κ3) is 3.07. The van der Waals surface area contributed by atoms with Crippen LogP contribution >= 0.6 is 0 Å². The lowest BCUT2D eigenvalue weighted by Crippen LogP contribution is -2.10. The Kier molecular flexibility index (Phi) is 4.02. The van der Waals surface area contributed by atoms with E-state index >= 15 is 0 Å². The number of ether oxygens (including phenoxy) is 1. The highest BCUT2D eigenvalue weighted by Crippen LogP contribution is 2.32. The minimum Gasteiger partial charge on any atom is -0.369 e. The van der Waals surface area contributed by atoms with Crippen LogP contribution in [0.3, 0.4) is 0 Å². The maximum atomic E-state index is 10.7. The zero-order valence-electron chi connectivity index (χ0n) is 12.4. The number of non-ortho nitro benzene ring substituents is 1. The van der Waals surface area contributed by atoms with Crippen LogP contribution in [0.1, 0.15) is 29.2 Å². The Bertz CT molecular complexity index is 702. The number of nitro benzene ring substituents is 1.